The fourth-order valence-corrected chi connectivity index (χ4v) is 1.88. The summed E-state index contributed by atoms with van der Waals surface area (Å²) >= 11 is 0. The van der Waals surface area contributed by atoms with Crippen LogP contribution in [0.15, 0.2) is 66.2 Å². The van der Waals surface area contributed by atoms with Crippen molar-refractivity contribution < 1.29 is 14.3 Å². The Morgan fingerprint density at radius 2 is 1.62 bits per heavy atom. The maximum Gasteiger partial charge on any atom is 0.333 e. The first-order chi connectivity index (χ1) is 10.2. The van der Waals surface area contributed by atoms with Crippen LogP contribution in [0.1, 0.15) is 6.92 Å². The molecule has 0 bridgehead atoms. The van der Waals surface area contributed by atoms with Crippen LogP contribution in [0.4, 0.5) is 0 Å². The molecule has 0 N–H and O–H groups in total. The third-order valence-corrected chi connectivity index (χ3v) is 3.11. The van der Waals surface area contributed by atoms with Crippen LogP contribution in [0.5, 0.6) is 5.75 Å². The number of benzene rings is 2. The SMILES string of the molecule is COC(=O)C(C)=CCOc1ccc(-c2ccccc2)cc1. The van der Waals surface area contributed by atoms with Crippen molar-refractivity contribution in [3.8, 4) is 16.9 Å². The van der Waals surface area contributed by atoms with Crippen molar-refractivity contribution in [2.75, 3.05) is 13.7 Å². The molecule has 2 aromatic rings. The molecule has 0 fully saturated rings. The van der Waals surface area contributed by atoms with Crippen molar-refractivity contribution in [3.05, 3.63) is 66.2 Å². The average Bonchev–Trinajstić information content (AvgIpc) is 2.55. The Kier molecular flexibility index (Phi) is 5.16. The van der Waals surface area contributed by atoms with E-state index in [-0.39, 0.29) is 5.97 Å². The minimum absolute atomic E-state index is 0.335. The van der Waals surface area contributed by atoms with Gasteiger partial charge in [0.25, 0.3) is 0 Å². The number of ether oxygens (including phenoxy) is 2. The highest BCUT2D eigenvalue weighted by molar-refractivity contribution is 5.87. The van der Waals surface area contributed by atoms with Crippen LogP contribution in [-0.2, 0) is 9.53 Å². The quantitative estimate of drug-likeness (QED) is 0.617. The lowest BCUT2D eigenvalue weighted by atomic mass is 10.1. The predicted octanol–water partition coefficient (Wildman–Crippen LogP) is 3.85. The molecule has 0 radical (unpaired) electrons. The second-order valence-corrected chi connectivity index (χ2v) is 4.58. The molecule has 0 atom stereocenters. The Balaban J connectivity index is 1.96. The van der Waals surface area contributed by atoms with Crippen LogP contribution >= 0.6 is 0 Å². The van der Waals surface area contributed by atoms with Gasteiger partial charge in [-0.25, -0.2) is 4.79 Å². The van der Waals surface area contributed by atoms with E-state index in [1.165, 1.54) is 12.7 Å². The van der Waals surface area contributed by atoms with E-state index in [2.05, 4.69) is 16.9 Å². The molecule has 0 aliphatic carbocycles. The van der Waals surface area contributed by atoms with Crippen LogP contribution in [0.3, 0.4) is 0 Å². The minimum Gasteiger partial charge on any atom is -0.490 e. The van der Waals surface area contributed by atoms with E-state index in [4.69, 9.17) is 4.74 Å². The highest BCUT2D eigenvalue weighted by atomic mass is 16.5. The Labute approximate surface area is 124 Å². The summed E-state index contributed by atoms with van der Waals surface area (Å²) < 4.78 is 10.2. The third-order valence-electron chi connectivity index (χ3n) is 3.11. The number of methoxy groups -OCH3 is 1. The standard InChI is InChI=1S/C18H18O3/c1-14(18(19)20-2)12-13-21-17-10-8-16(9-11-17)15-6-4-3-5-7-15/h3-12H,13H2,1-2H3. The van der Waals surface area contributed by atoms with Crippen molar-refractivity contribution in [2.24, 2.45) is 0 Å². The molecule has 0 saturated carbocycles. The number of esters is 1. The van der Waals surface area contributed by atoms with Gasteiger partial charge in [-0.3, -0.25) is 0 Å². The fraction of sp³-hybridized carbons (Fsp3) is 0.167. The summed E-state index contributed by atoms with van der Waals surface area (Å²) in [5.41, 5.74) is 2.85. The summed E-state index contributed by atoms with van der Waals surface area (Å²) in [6.07, 6.45) is 1.71. The first-order valence-corrected chi connectivity index (χ1v) is 6.74. The molecule has 3 heteroatoms. The highest BCUT2D eigenvalue weighted by Gasteiger charge is 2.02. The summed E-state index contributed by atoms with van der Waals surface area (Å²) in [5.74, 6) is 0.432. The number of hydrogen-bond acceptors (Lipinski definition) is 3. The molecule has 0 aliphatic heterocycles. The number of carbonyl (C=O) groups is 1. The molecular formula is C18H18O3. The van der Waals surface area contributed by atoms with Crippen molar-refractivity contribution in [1.82, 2.24) is 0 Å². The van der Waals surface area contributed by atoms with E-state index in [9.17, 15) is 4.79 Å². The highest BCUT2D eigenvalue weighted by Crippen LogP contribution is 2.22. The Hall–Kier alpha value is -2.55. The molecule has 0 heterocycles. The normalized spacial score (nSPS) is 11.0. The van der Waals surface area contributed by atoms with Crippen molar-refractivity contribution >= 4 is 5.97 Å². The van der Waals surface area contributed by atoms with Gasteiger partial charge in [0, 0.05) is 5.57 Å². The lowest BCUT2D eigenvalue weighted by molar-refractivity contribution is -0.136. The van der Waals surface area contributed by atoms with Gasteiger partial charge in [-0.05, 0) is 36.3 Å². The van der Waals surface area contributed by atoms with E-state index < -0.39 is 0 Å². The molecule has 2 aromatic carbocycles. The van der Waals surface area contributed by atoms with Crippen LogP contribution < -0.4 is 4.74 Å². The second kappa shape index (κ2) is 7.29. The minimum atomic E-state index is -0.335. The third kappa shape index (κ3) is 4.21. The topological polar surface area (TPSA) is 35.5 Å². The summed E-state index contributed by atoms with van der Waals surface area (Å²) in [6, 6.07) is 18.0. The lowest BCUT2D eigenvalue weighted by Crippen LogP contribution is -2.04. The zero-order valence-electron chi connectivity index (χ0n) is 12.2. The first kappa shape index (κ1) is 14.9. The molecule has 0 amide bonds. The number of hydrogen-bond donors (Lipinski definition) is 0. The van der Waals surface area contributed by atoms with Crippen LogP contribution in [-0.4, -0.2) is 19.7 Å². The van der Waals surface area contributed by atoms with Gasteiger partial charge < -0.3 is 9.47 Å². The van der Waals surface area contributed by atoms with E-state index in [0.29, 0.717) is 12.2 Å². The van der Waals surface area contributed by atoms with Crippen LogP contribution in [0.2, 0.25) is 0 Å². The molecule has 0 unspecified atom stereocenters. The van der Waals surface area contributed by atoms with Gasteiger partial charge in [-0.2, -0.15) is 0 Å². The summed E-state index contributed by atoms with van der Waals surface area (Å²) in [4.78, 5) is 11.2. The molecule has 0 aromatic heterocycles. The molecule has 0 spiro atoms. The summed E-state index contributed by atoms with van der Waals surface area (Å²) in [6.45, 7) is 2.04. The van der Waals surface area contributed by atoms with Crippen LogP contribution in [0.25, 0.3) is 11.1 Å². The molecule has 3 nitrogen and oxygen atoms in total. The maximum absolute atomic E-state index is 11.2. The zero-order valence-corrected chi connectivity index (χ0v) is 12.2. The molecule has 21 heavy (non-hydrogen) atoms. The number of rotatable bonds is 5. The van der Waals surface area contributed by atoms with Gasteiger partial charge in [0.15, 0.2) is 0 Å². The Morgan fingerprint density at radius 3 is 2.24 bits per heavy atom. The largest absolute Gasteiger partial charge is 0.490 e. The first-order valence-electron chi connectivity index (χ1n) is 6.74. The molecular weight excluding hydrogens is 264 g/mol. The van der Waals surface area contributed by atoms with E-state index in [1.54, 1.807) is 13.0 Å². The van der Waals surface area contributed by atoms with E-state index in [0.717, 1.165) is 11.3 Å². The second-order valence-electron chi connectivity index (χ2n) is 4.58. The van der Waals surface area contributed by atoms with Crippen molar-refractivity contribution in [1.29, 1.82) is 0 Å². The van der Waals surface area contributed by atoms with Gasteiger partial charge in [0.2, 0.25) is 0 Å². The average molecular weight is 282 g/mol. The fourth-order valence-electron chi connectivity index (χ4n) is 1.88. The maximum atomic E-state index is 11.2. The smallest absolute Gasteiger partial charge is 0.333 e. The van der Waals surface area contributed by atoms with E-state index >= 15 is 0 Å². The van der Waals surface area contributed by atoms with Crippen LogP contribution in [0, 0.1) is 0 Å². The number of carbonyl (C=O) groups excluding carboxylic acids is 1. The van der Waals surface area contributed by atoms with Gasteiger partial charge in [-0.1, -0.05) is 42.5 Å². The summed E-state index contributed by atoms with van der Waals surface area (Å²) in [7, 11) is 1.36. The predicted molar refractivity (Wildman–Crippen MR) is 83.1 cm³/mol. The van der Waals surface area contributed by atoms with Crippen molar-refractivity contribution in [3.63, 3.8) is 0 Å². The molecule has 108 valence electrons. The molecule has 0 saturated heterocycles. The molecule has 2 rings (SSSR count). The van der Waals surface area contributed by atoms with Gasteiger partial charge in [0.05, 0.1) is 7.11 Å². The Morgan fingerprint density at radius 1 is 1.00 bits per heavy atom. The lowest BCUT2D eigenvalue weighted by Gasteiger charge is -2.06. The van der Waals surface area contributed by atoms with Gasteiger partial charge in [-0.15, -0.1) is 0 Å². The van der Waals surface area contributed by atoms with E-state index in [1.807, 2.05) is 42.5 Å². The summed E-state index contributed by atoms with van der Waals surface area (Å²) in [5, 5.41) is 0. The van der Waals surface area contributed by atoms with Gasteiger partial charge >= 0.3 is 5.97 Å². The zero-order chi connectivity index (χ0) is 15.1. The monoisotopic (exact) mass is 282 g/mol. The van der Waals surface area contributed by atoms with Crippen molar-refractivity contribution in [2.45, 2.75) is 6.92 Å². The molecule has 0 aliphatic rings. The van der Waals surface area contributed by atoms with Gasteiger partial charge in [0.1, 0.15) is 12.4 Å². The Bertz CT molecular complexity index is 613.